The second-order valence-electron chi connectivity index (χ2n) is 7.47. The fourth-order valence-electron chi connectivity index (χ4n) is 3.78. The number of carbonyl (C=O) groups excluding carboxylic acids is 2. The molecule has 32 heavy (non-hydrogen) atoms. The molecule has 0 fully saturated rings. The summed E-state index contributed by atoms with van der Waals surface area (Å²) in [5, 5.41) is 13.1. The summed E-state index contributed by atoms with van der Waals surface area (Å²) in [4.78, 5) is 25.1. The molecule has 1 heterocycles. The third-order valence-corrected chi connectivity index (χ3v) is 5.94. The quantitative estimate of drug-likeness (QED) is 0.485. The minimum Gasteiger partial charge on any atom is -0.466 e. The van der Waals surface area contributed by atoms with Crippen molar-refractivity contribution < 1.29 is 23.8 Å². The third-order valence-electron chi connectivity index (χ3n) is 5.55. The Morgan fingerprint density at radius 2 is 1.81 bits per heavy atom. The van der Waals surface area contributed by atoms with Gasteiger partial charge in [-0.3, -0.25) is 9.59 Å². The van der Waals surface area contributed by atoms with Crippen molar-refractivity contribution in [3.63, 3.8) is 0 Å². The average Bonchev–Trinajstić information content (AvgIpc) is 3.13. The largest absolute Gasteiger partial charge is 0.466 e. The number of aliphatic hydroxyl groups excluding tert-OH is 1. The van der Waals surface area contributed by atoms with E-state index in [9.17, 15) is 19.1 Å². The zero-order valence-electron chi connectivity index (χ0n) is 18.2. The number of nitrogens with zero attached hydrogens (tertiary/aromatic N) is 1. The molecule has 0 aliphatic heterocycles. The van der Waals surface area contributed by atoms with E-state index < -0.39 is 17.8 Å². The Morgan fingerprint density at radius 3 is 2.41 bits per heavy atom. The summed E-state index contributed by atoms with van der Waals surface area (Å²) in [7, 11) is 1.69. The number of nitrogens with one attached hydrogen (secondary N) is 1. The molecule has 0 saturated heterocycles. The Morgan fingerprint density at radius 1 is 1.16 bits per heavy atom. The van der Waals surface area contributed by atoms with Gasteiger partial charge in [0, 0.05) is 12.4 Å². The predicted molar refractivity (Wildman–Crippen MR) is 121 cm³/mol. The van der Waals surface area contributed by atoms with Gasteiger partial charge in [0.15, 0.2) is 0 Å². The Kier molecular flexibility index (Phi) is 7.53. The smallest absolute Gasteiger partial charge is 0.313 e. The van der Waals surface area contributed by atoms with Gasteiger partial charge in [0.1, 0.15) is 11.5 Å². The molecule has 2 aromatic carbocycles. The molecule has 1 unspecified atom stereocenters. The zero-order chi connectivity index (χ0) is 23.4. The summed E-state index contributed by atoms with van der Waals surface area (Å²) in [5.41, 5.74) is 2.40. The Hall–Kier alpha value is -2.90. The van der Waals surface area contributed by atoms with Gasteiger partial charge >= 0.3 is 5.97 Å². The minimum atomic E-state index is -0.663. The molecule has 0 aliphatic rings. The summed E-state index contributed by atoms with van der Waals surface area (Å²) in [5.74, 6) is -1.63. The molecular formula is C24H26ClFN2O4. The second kappa shape index (κ2) is 10.1. The number of halogens is 2. The molecule has 0 spiro atoms. The monoisotopic (exact) mass is 460 g/mol. The number of aromatic nitrogens is 1. The van der Waals surface area contributed by atoms with Crippen molar-refractivity contribution in [3.05, 3.63) is 70.1 Å². The van der Waals surface area contributed by atoms with E-state index in [1.54, 1.807) is 48.9 Å². The van der Waals surface area contributed by atoms with Gasteiger partial charge in [0.25, 0.3) is 5.91 Å². The lowest BCUT2D eigenvalue weighted by atomic mass is 9.94. The van der Waals surface area contributed by atoms with Gasteiger partial charge in [0.05, 0.1) is 35.7 Å². The van der Waals surface area contributed by atoms with Gasteiger partial charge in [-0.05, 0) is 42.7 Å². The maximum atomic E-state index is 13.8. The first-order valence-electron chi connectivity index (χ1n) is 10.4. The van der Waals surface area contributed by atoms with Crippen molar-refractivity contribution in [1.29, 1.82) is 0 Å². The Bertz CT molecular complexity index is 1130. The van der Waals surface area contributed by atoms with E-state index in [-0.39, 0.29) is 29.2 Å². The van der Waals surface area contributed by atoms with Crippen molar-refractivity contribution in [3.8, 4) is 0 Å². The normalized spacial score (nSPS) is 13.1. The summed E-state index contributed by atoms with van der Waals surface area (Å²) in [6, 6.07) is 10.8. The fourth-order valence-corrected chi connectivity index (χ4v) is 3.99. The molecule has 0 radical (unpaired) electrons. The highest BCUT2D eigenvalue weighted by Gasteiger charge is 2.22. The van der Waals surface area contributed by atoms with E-state index in [0.717, 1.165) is 5.56 Å². The number of amides is 1. The molecule has 0 saturated carbocycles. The average molecular weight is 461 g/mol. The molecule has 0 aliphatic carbocycles. The lowest BCUT2D eigenvalue weighted by Gasteiger charge is -2.19. The van der Waals surface area contributed by atoms with Crippen molar-refractivity contribution in [2.75, 3.05) is 13.2 Å². The van der Waals surface area contributed by atoms with Gasteiger partial charge in [-0.2, -0.15) is 0 Å². The number of aliphatic hydroxyl groups is 1. The van der Waals surface area contributed by atoms with E-state index in [1.807, 2.05) is 6.92 Å². The van der Waals surface area contributed by atoms with Crippen LogP contribution in [0.3, 0.4) is 0 Å². The summed E-state index contributed by atoms with van der Waals surface area (Å²) < 4.78 is 20.5. The highest BCUT2D eigenvalue weighted by atomic mass is 35.5. The lowest BCUT2D eigenvalue weighted by Crippen LogP contribution is -2.32. The summed E-state index contributed by atoms with van der Waals surface area (Å²) >= 11 is 6.05. The highest BCUT2D eigenvalue weighted by Crippen LogP contribution is 2.29. The van der Waals surface area contributed by atoms with Crippen LogP contribution >= 0.6 is 11.6 Å². The predicted octanol–water partition coefficient (Wildman–Crippen LogP) is 4.49. The molecule has 1 amide bonds. The molecule has 0 bridgehead atoms. The van der Waals surface area contributed by atoms with Crippen LogP contribution < -0.4 is 5.32 Å². The molecule has 3 rings (SSSR count). The van der Waals surface area contributed by atoms with E-state index in [2.05, 4.69) is 5.32 Å². The van der Waals surface area contributed by atoms with Crippen LogP contribution in [0.4, 0.5) is 4.39 Å². The topological polar surface area (TPSA) is 80.6 Å². The van der Waals surface area contributed by atoms with Crippen LogP contribution in [0.25, 0.3) is 10.9 Å². The number of ether oxygens (including phenoxy) is 1. The molecule has 170 valence electrons. The molecule has 2 atom stereocenters. The van der Waals surface area contributed by atoms with Crippen molar-refractivity contribution >= 4 is 34.4 Å². The van der Waals surface area contributed by atoms with Crippen LogP contribution in [-0.2, 0) is 16.6 Å². The Balaban J connectivity index is 1.81. The number of hydrogen-bond acceptors (Lipinski definition) is 4. The van der Waals surface area contributed by atoms with Crippen LogP contribution in [0, 0.1) is 5.82 Å². The van der Waals surface area contributed by atoms with Gasteiger partial charge in [-0.15, -0.1) is 0 Å². The maximum absolute atomic E-state index is 13.8. The Labute approximate surface area is 190 Å². The van der Waals surface area contributed by atoms with Crippen molar-refractivity contribution in [2.45, 2.75) is 32.2 Å². The first kappa shape index (κ1) is 23.8. The van der Waals surface area contributed by atoms with E-state index >= 15 is 0 Å². The zero-order valence-corrected chi connectivity index (χ0v) is 18.9. The maximum Gasteiger partial charge on any atom is 0.313 e. The summed E-state index contributed by atoms with van der Waals surface area (Å²) in [6.07, 6.45) is 0.600. The number of rotatable bonds is 8. The molecule has 1 aromatic heterocycles. The lowest BCUT2D eigenvalue weighted by molar-refractivity contribution is -0.145. The van der Waals surface area contributed by atoms with Crippen molar-refractivity contribution in [1.82, 2.24) is 9.88 Å². The van der Waals surface area contributed by atoms with Gasteiger partial charge in [-0.1, -0.05) is 42.8 Å². The number of hydrogen-bond donors (Lipinski definition) is 2. The fraction of sp³-hybridized carbons (Fsp3) is 0.333. The standard InChI is InChI=1S/C24H26ClFN2O4/c1-4-16(24(31)32-5-2)14-6-8-15(9-7-14)19(13-29)27-23(30)21-12-17-20(28(21)3)11-10-18(26)22(17)25/h6-12,16,19,29H,4-5,13H2,1-3H3,(H,27,30)/t16?,19-/m1/s1. The first-order chi connectivity index (χ1) is 15.3. The molecular weight excluding hydrogens is 435 g/mol. The molecule has 2 N–H and O–H groups in total. The number of benzene rings is 2. The van der Waals surface area contributed by atoms with Crippen LogP contribution in [0.5, 0.6) is 0 Å². The van der Waals surface area contributed by atoms with Gasteiger partial charge in [-0.25, -0.2) is 4.39 Å². The molecule has 8 heteroatoms. The number of carbonyl (C=O) groups is 2. The van der Waals surface area contributed by atoms with Gasteiger partial charge < -0.3 is 19.7 Å². The number of esters is 1. The number of fused-ring (bicyclic) bond motifs is 1. The third kappa shape index (κ3) is 4.64. The summed E-state index contributed by atoms with van der Waals surface area (Å²) in [6.45, 7) is 3.67. The van der Waals surface area contributed by atoms with E-state index in [0.29, 0.717) is 29.5 Å². The second-order valence-corrected chi connectivity index (χ2v) is 7.85. The van der Waals surface area contributed by atoms with Gasteiger partial charge in [0.2, 0.25) is 0 Å². The highest BCUT2D eigenvalue weighted by molar-refractivity contribution is 6.35. The minimum absolute atomic E-state index is 0.0430. The van der Waals surface area contributed by atoms with Crippen molar-refractivity contribution in [2.24, 2.45) is 7.05 Å². The van der Waals surface area contributed by atoms with Crippen LogP contribution in [-0.4, -0.2) is 34.8 Å². The van der Waals surface area contributed by atoms with Crippen LogP contribution in [0.1, 0.15) is 53.8 Å². The SMILES string of the molecule is CCOC(=O)C(CC)c1ccc([C@@H](CO)NC(=O)c2cc3c(Cl)c(F)ccc3n2C)cc1. The van der Waals surface area contributed by atoms with Crippen LogP contribution in [0.15, 0.2) is 42.5 Å². The van der Waals surface area contributed by atoms with E-state index in [4.69, 9.17) is 16.3 Å². The molecule has 3 aromatic rings. The van der Waals surface area contributed by atoms with Crippen LogP contribution in [0.2, 0.25) is 5.02 Å². The van der Waals surface area contributed by atoms with E-state index in [1.165, 1.54) is 12.1 Å². The first-order valence-corrected chi connectivity index (χ1v) is 10.8. The molecule has 6 nitrogen and oxygen atoms in total. The number of aryl methyl sites for hydroxylation is 1.